The predicted molar refractivity (Wildman–Crippen MR) is 99.9 cm³/mol. The van der Waals surface area contributed by atoms with Crippen LogP contribution in [0.4, 0.5) is 10.1 Å². The fraction of sp³-hybridized carbons (Fsp3) is 0.263. The molecule has 2 aromatic rings. The number of likely N-dealkylation sites (tertiary alicyclic amines) is 1. The molecule has 0 radical (unpaired) electrons. The smallest absolute Gasteiger partial charge is 0.229 e. The fourth-order valence-electron chi connectivity index (χ4n) is 2.91. The highest BCUT2D eigenvalue weighted by atomic mass is 35.5. The van der Waals surface area contributed by atoms with Crippen LogP contribution in [0.5, 0.6) is 0 Å². The van der Waals surface area contributed by atoms with Crippen molar-refractivity contribution in [1.82, 2.24) is 4.90 Å². The molecule has 1 fully saturated rings. The Hall–Kier alpha value is -2.11. The molecule has 1 aliphatic rings. The lowest BCUT2D eigenvalue weighted by atomic mass is 10.1. The van der Waals surface area contributed by atoms with Crippen molar-refractivity contribution in [2.75, 3.05) is 18.4 Å². The van der Waals surface area contributed by atoms with Crippen LogP contribution >= 0.6 is 23.2 Å². The van der Waals surface area contributed by atoms with Gasteiger partial charge in [0.2, 0.25) is 11.8 Å². The summed E-state index contributed by atoms with van der Waals surface area (Å²) in [5.41, 5.74) is 1.37. The zero-order valence-corrected chi connectivity index (χ0v) is 15.4. The van der Waals surface area contributed by atoms with E-state index in [1.807, 2.05) is 0 Å². The van der Waals surface area contributed by atoms with E-state index in [4.69, 9.17) is 23.2 Å². The van der Waals surface area contributed by atoms with Crippen molar-refractivity contribution in [3.8, 4) is 0 Å². The molecule has 1 unspecified atom stereocenters. The minimum Gasteiger partial charge on any atom is -0.342 e. The van der Waals surface area contributed by atoms with E-state index in [2.05, 4.69) is 5.32 Å². The summed E-state index contributed by atoms with van der Waals surface area (Å²) in [6.45, 7) is 0.843. The SMILES string of the molecule is O=C(Nc1cc(Cl)ccc1Cl)C1CC(=O)N(CCc2ccc(F)cc2)C1. The predicted octanol–water partition coefficient (Wildman–Crippen LogP) is 4.16. The maximum absolute atomic E-state index is 12.9. The number of rotatable bonds is 5. The highest BCUT2D eigenvalue weighted by Crippen LogP contribution is 2.27. The molecule has 1 saturated heterocycles. The number of hydrogen-bond acceptors (Lipinski definition) is 2. The van der Waals surface area contributed by atoms with Gasteiger partial charge < -0.3 is 10.2 Å². The molecule has 0 saturated carbocycles. The molecular formula is C19H17Cl2FN2O2. The van der Waals surface area contributed by atoms with Gasteiger partial charge in [0.05, 0.1) is 16.6 Å². The normalized spacial score (nSPS) is 16.8. The quantitative estimate of drug-likeness (QED) is 0.827. The number of anilines is 1. The van der Waals surface area contributed by atoms with Crippen molar-refractivity contribution >= 4 is 40.7 Å². The van der Waals surface area contributed by atoms with E-state index in [0.717, 1.165) is 5.56 Å². The minimum atomic E-state index is -0.439. The third-order valence-corrected chi connectivity index (χ3v) is 4.92. The first-order valence-electron chi connectivity index (χ1n) is 8.20. The minimum absolute atomic E-state index is 0.0653. The first kappa shape index (κ1) is 18.7. The van der Waals surface area contributed by atoms with Gasteiger partial charge in [0, 0.05) is 24.5 Å². The Morgan fingerprint density at radius 1 is 1.19 bits per heavy atom. The standard InChI is InChI=1S/C19H17Cl2FN2O2/c20-14-3-6-16(21)17(10-14)23-19(26)13-9-18(25)24(11-13)8-7-12-1-4-15(22)5-2-12/h1-6,10,13H,7-9,11H2,(H,23,26). The first-order valence-corrected chi connectivity index (χ1v) is 8.96. The molecule has 0 spiro atoms. The average Bonchev–Trinajstić information content (AvgIpc) is 2.99. The molecule has 0 bridgehead atoms. The van der Waals surface area contributed by atoms with Gasteiger partial charge >= 0.3 is 0 Å². The number of amides is 2. The van der Waals surface area contributed by atoms with Gasteiger partial charge in [-0.25, -0.2) is 4.39 Å². The summed E-state index contributed by atoms with van der Waals surface area (Å²) in [6, 6.07) is 11.0. The summed E-state index contributed by atoms with van der Waals surface area (Å²) in [6.07, 6.45) is 0.772. The molecule has 1 N–H and O–H groups in total. The number of nitrogens with one attached hydrogen (secondary N) is 1. The van der Waals surface area contributed by atoms with Crippen LogP contribution in [0.1, 0.15) is 12.0 Å². The van der Waals surface area contributed by atoms with Crippen molar-refractivity contribution in [3.63, 3.8) is 0 Å². The van der Waals surface area contributed by atoms with Crippen molar-refractivity contribution in [2.24, 2.45) is 5.92 Å². The second kappa shape index (κ2) is 8.06. The zero-order valence-electron chi connectivity index (χ0n) is 13.8. The second-order valence-electron chi connectivity index (χ2n) is 6.23. The molecule has 2 aromatic carbocycles. The number of nitrogens with zero attached hydrogens (tertiary/aromatic N) is 1. The van der Waals surface area contributed by atoms with Gasteiger partial charge in [-0.3, -0.25) is 9.59 Å². The second-order valence-corrected chi connectivity index (χ2v) is 7.07. The van der Waals surface area contributed by atoms with Crippen LogP contribution < -0.4 is 5.32 Å². The largest absolute Gasteiger partial charge is 0.342 e. The van der Waals surface area contributed by atoms with Crippen molar-refractivity contribution < 1.29 is 14.0 Å². The summed E-state index contributed by atoms with van der Waals surface area (Å²) >= 11 is 12.0. The zero-order chi connectivity index (χ0) is 18.7. The number of hydrogen-bond donors (Lipinski definition) is 1. The van der Waals surface area contributed by atoms with Gasteiger partial charge in [-0.05, 0) is 42.3 Å². The summed E-state index contributed by atoms with van der Waals surface area (Å²) in [7, 11) is 0. The highest BCUT2D eigenvalue weighted by Gasteiger charge is 2.34. The van der Waals surface area contributed by atoms with Crippen LogP contribution in [-0.4, -0.2) is 29.8 Å². The van der Waals surface area contributed by atoms with Crippen LogP contribution in [0.15, 0.2) is 42.5 Å². The number of halogens is 3. The molecule has 4 nitrogen and oxygen atoms in total. The molecule has 136 valence electrons. The van der Waals surface area contributed by atoms with Crippen LogP contribution in [0.3, 0.4) is 0 Å². The molecule has 1 aliphatic heterocycles. The van der Waals surface area contributed by atoms with Gasteiger partial charge in [-0.1, -0.05) is 35.3 Å². The molecule has 1 atom stereocenters. The Kier molecular flexibility index (Phi) is 5.79. The molecule has 1 heterocycles. The number of benzene rings is 2. The molecule has 7 heteroatoms. The Labute approximate surface area is 160 Å². The summed E-state index contributed by atoms with van der Waals surface area (Å²) in [5, 5.41) is 3.59. The summed E-state index contributed by atoms with van der Waals surface area (Å²) in [5.74, 6) is -1.05. The van der Waals surface area contributed by atoms with E-state index in [-0.39, 0.29) is 24.1 Å². The maximum Gasteiger partial charge on any atom is 0.229 e. The molecule has 0 aliphatic carbocycles. The van der Waals surface area contributed by atoms with Crippen LogP contribution in [0.2, 0.25) is 10.0 Å². The monoisotopic (exact) mass is 394 g/mol. The average molecular weight is 395 g/mol. The molecule has 2 amide bonds. The lowest BCUT2D eigenvalue weighted by molar-refractivity contribution is -0.128. The van der Waals surface area contributed by atoms with Gasteiger partial charge in [-0.15, -0.1) is 0 Å². The Morgan fingerprint density at radius 2 is 1.92 bits per heavy atom. The van der Waals surface area contributed by atoms with Gasteiger partial charge in [0.1, 0.15) is 5.82 Å². The first-order chi connectivity index (χ1) is 12.4. The van der Waals surface area contributed by atoms with Gasteiger partial charge in [0.25, 0.3) is 0 Å². The number of carbonyl (C=O) groups excluding carboxylic acids is 2. The topological polar surface area (TPSA) is 49.4 Å². The summed E-state index contributed by atoms with van der Waals surface area (Å²) < 4.78 is 12.9. The van der Waals surface area contributed by atoms with Gasteiger partial charge in [0.15, 0.2) is 0 Å². The lowest BCUT2D eigenvalue weighted by Crippen LogP contribution is -2.30. The maximum atomic E-state index is 12.9. The number of carbonyl (C=O) groups is 2. The fourth-order valence-corrected chi connectivity index (χ4v) is 3.24. The van der Waals surface area contributed by atoms with Crippen LogP contribution in [0, 0.1) is 11.7 Å². The van der Waals surface area contributed by atoms with E-state index >= 15 is 0 Å². The van der Waals surface area contributed by atoms with E-state index in [9.17, 15) is 14.0 Å². The Morgan fingerprint density at radius 3 is 2.65 bits per heavy atom. The van der Waals surface area contributed by atoms with Crippen LogP contribution in [-0.2, 0) is 16.0 Å². The summed E-state index contributed by atoms with van der Waals surface area (Å²) in [4.78, 5) is 26.3. The lowest BCUT2D eigenvalue weighted by Gasteiger charge is -2.17. The van der Waals surface area contributed by atoms with E-state index in [0.29, 0.717) is 35.2 Å². The van der Waals surface area contributed by atoms with Crippen molar-refractivity contribution in [3.05, 3.63) is 63.9 Å². The molecular weight excluding hydrogens is 378 g/mol. The molecule has 26 heavy (non-hydrogen) atoms. The van der Waals surface area contributed by atoms with Crippen molar-refractivity contribution in [1.29, 1.82) is 0 Å². The molecule has 3 rings (SSSR count). The van der Waals surface area contributed by atoms with Crippen LogP contribution in [0.25, 0.3) is 0 Å². The Balaban J connectivity index is 1.57. The molecule has 0 aromatic heterocycles. The van der Waals surface area contributed by atoms with Crippen molar-refractivity contribution in [2.45, 2.75) is 12.8 Å². The van der Waals surface area contributed by atoms with Gasteiger partial charge in [-0.2, -0.15) is 0 Å². The van der Waals surface area contributed by atoms with E-state index in [1.165, 1.54) is 12.1 Å². The third kappa shape index (κ3) is 4.54. The Bertz CT molecular complexity index is 827. The third-order valence-electron chi connectivity index (χ3n) is 4.36. The van der Waals surface area contributed by atoms with E-state index in [1.54, 1.807) is 35.2 Å². The highest BCUT2D eigenvalue weighted by molar-refractivity contribution is 6.35. The van der Waals surface area contributed by atoms with E-state index < -0.39 is 5.92 Å².